The Bertz CT molecular complexity index is 410. The van der Waals surface area contributed by atoms with Crippen molar-refractivity contribution in [3.05, 3.63) is 27.2 Å². The molecule has 100 valence electrons. The molecule has 1 fully saturated rings. The number of halogens is 3. The second-order valence-corrected chi connectivity index (χ2v) is 6.64. The van der Waals surface area contributed by atoms with Gasteiger partial charge in [0.2, 0.25) is 0 Å². The lowest BCUT2D eigenvalue weighted by molar-refractivity contribution is 0.281. The molecule has 18 heavy (non-hydrogen) atoms. The first kappa shape index (κ1) is 14.3. The predicted molar refractivity (Wildman–Crippen MR) is 81.1 cm³/mol. The summed E-state index contributed by atoms with van der Waals surface area (Å²) in [5.74, 6) is 1.40. The van der Waals surface area contributed by atoms with E-state index in [1.165, 1.54) is 12.8 Å². The average Bonchev–Trinajstić information content (AvgIpc) is 2.28. The fourth-order valence-corrected chi connectivity index (χ4v) is 3.53. The highest BCUT2D eigenvalue weighted by molar-refractivity contribution is 6.41. The second-order valence-electron chi connectivity index (χ2n) is 5.39. The standard InChI is InChI=1S/C14H18Cl3N/c1-8-3-4-9(2)13(5-8)18-14-11(16)6-10(15)7-12(14)17/h6-9,13,18H,3-5H2,1-2H3. The van der Waals surface area contributed by atoms with Gasteiger partial charge in [-0.05, 0) is 36.8 Å². The van der Waals surface area contributed by atoms with Gasteiger partial charge in [0.05, 0.1) is 15.7 Å². The van der Waals surface area contributed by atoms with Crippen LogP contribution in [0.2, 0.25) is 15.1 Å². The third-order valence-electron chi connectivity index (χ3n) is 3.79. The minimum absolute atomic E-state index is 0.435. The molecule has 1 N–H and O–H groups in total. The maximum absolute atomic E-state index is 6.21. The van der Waals surface area contributed by atoms with E-state index in [9.17, 15) is 0 Å². The van der Waals surface area contributed by atoms with Gasteiger partial charge in [-0.3, -0.25) is 0 Å². The predicted octanol–water partition coefficient (Wildman–Crippen LogP) is 5.88. The van der Waals surface area contributed by atoms with Crippen LogP contribution in [0.25, 0.3) is 0 Å². The molecule has 1 aliphatic carbocycles. The SMILES string of the molecule is CC1CCC(C)C(Nc2c(Cl)cc(Cl)cc2Cl)C1. The normalized spacial score (nSPS) is 28.2. The molecule has 1 nitrogen and oxygen atoms in total. The molecule has 2 rings (SSSR count). The van der Waals surface area contributed by atoms with Crippen molar-refractivity contribution in [3.63, 3.8) is 0 Å². The maximum Gasteiger partial charge on any atom is 0.0722 e. The average molecular weight is 307 g/mol. The van der Waals surface area contributed by atoms with Gasteiger partial charge in [-0.1, -0.05) is 55.1 Å². The van der Waals surface area contributed by atoms with Crippen molar-refractivity contribution < 1.29 is 0 Å². The zero-order chi connectivity index (χ0) is 13.3. The molecule has 1 aromatic rings. The van der Waals surface area contributed by atoms with Gasteiger partial charge < -0.3 is 5.32 Å². The van der Waals surface area contributed by atoms with E-state index < -0.39 is 0 Å². The Kier molecular flexibility index (Phi) is 4.69. The first-order valence-electron chi connectivity index (χ1n) is 6.38. The van der Waals surface area contributed by atoms with Gasteiger partial charge in [0.25, 0.3) is 0 Å². The van der Waals surface area contributed by atoms with Crippen LogP contribution in [0.15, 0.2) is 12.1 Å². The lowest BCUT2D eigenvalue weighted by Crippen LogP contribution is -2.33. The smallest absolute Gasteiger partial charge is 0.0722 e. The van der Waals surface area contributed by atoms with Gasteiger partial charge in [-0.25, -0.2) is 0 Å². The highest BCUT2D eigenvalue weighted by Crippen LogP contribution is 2.37. The van der Waals surface area contributed by atoms with E-state index in [0.717, 1.165) is 18.0 Å². The van der Waals surface area contributed by atoms with E-state index >= 15 is 0 Å². The van der Waals surface area contributed by atoms with Crippen LogP contribution in [0.1, 0.15) is 33.1 Å². The van der Waals surface area contributed by atoms with Crippen LogP contribution in [0, 0.1) is 11.8 Å². The summed E-state index contributed by atoms with van der Waals surface area (Å²) in [5, 5.41) is 5.26. The number of anilines is 1. The Labute approximate surface area is 124 Å². The second kappa shape index (κ2) is 5.90. The molecular weight excluding hydrogens is 289 g/mol. The Morgan fingerprint density at radius 2 is 1.67 bits per heavy atom. The molecule has 1 saturated carbocycles. The zero-order valence-corrected chi connectivity index (χ0v) is 12.9. The molecule has 0 aliphatic heterocycles. The van der Waals surface area contributed by atoms with Gasteiger partial charge in [0.15, 0.2) is 0 Å². The van der Waals surface area contributed by atoms with Crippen molar-refractivity contribution in [3.8, 4) is 0 Å². The molecule has 1 aromatic carbocycles. The quantitative estimate of drug-likeness (QED) is 0.719. The minimum atomic E-state index is 0.435. The Hall–Kier alpha value is -0.110. The van der Waals surface area contributed by atoms with Crippen LogP contribution in [0.5, 0.6) is 0 Å². The molecule has 0 bridgehead atoms. The Morgan fingerprint density at radius 3 is 2.28 bits per heavy atom. The molecule has 0 saturated heterocycles. The Balaban J connectivity index is 2.18. The number of rotatable bonds is 2. The number of hydrogen-bond donors (Lipinski definition) is 1. The topological polar surface area (TPSA) is 12.0 Å². The summed E-state index contributed by atoms with van der Waals surface area (Å²) in [4.78, 5) is 0. The number of nitrogens with one attached hydrogen (secondary N) is 1. The van der Waals surface area contributed by atoms with E-state index in [1.54, 1.807) is 12.1 Å². The monoisotopic (exact) mass is 305 g/mol. The van der Waals surface area contributed by atoms with Gasteiger partial charge in [0.1, 0.15) is 0 Å². The van der Waals surface area contributed by atoms with Gasteiger partial charge >= 0.3 is 0 Å². The molecule has 0 aromatic heterocycles. The highest BCUT2D eigenvalue weighted by Gasteiger charge is 2.26. The molecule has 4 heteroatoms. The van der Waals surface area contributed by atoms with Crippen molar-refractivity contribution in [2.75, 3.05) is 5.32 Å². The fraction of sp³-hybridized carbons (Fsp3) is 0.571. The van der Waals surface area contributed by atoms with E-state index in [2.05, 4.69) is 19.2 Å². The van der Waals surface area contributed by atoms with Crippen LogP contribution in [0.3, 0.4) is 0 Å². The van der Waals surface area contributed by atoms with Crippen LogP contribution < -0.4 is 5.32 Å². The van der Waals surface area contributed by atoms with Crippen molar-refractivity contribution in [2.24, 2.45) is 11.8 Å². The fourth-order valence-electron chi connectivity index (χ4n) is 2.60. The maximum atomic E-state index is 6.21. The summed E-state index contributed by atoms with van der Waals surface area (Å²) >= 11 is 18.3. The lowest BCUT2D eigenvalue weighted by atomic mass is 9.80. The van der Waals surface area contributed by atoms with E-state index in [-0.39, 0.29) is 0 Å². The Morgan fingerprint density at radius 1 is 1.06 bits per heavy atom. The van der Waals surface area contributed by atoms with Gasteiger partial charge in [-0.15, -0.1) is 0 Å². The molecular formula is C14H18Cl3N. The van der Waals surface area contributed by atoms with Crippen molar-refractivity contribution >= 4 is 40.5 Å². The molecule has 0 radical (unpaired) electrons. The molecule has 3 unspecified atom stereocenters. The molecule has 0 spiro atoms. The summed E-state index contributed by atoms with van der Waals surface area (Å²) in [6.45, 7) is 4.58. The summed E-state index contributed by atoms with van der Waals surface area (Å²) in [6.07, 6.45) is 3.72. The number of benzene rings is 1. The largest absolute Gasteiger partial charge is 0.380 e. The van der Waals surface area contributed by atoms with E-state index in [1.807, 2.05) is 0 Å². The van der Waals surface area contributed by atoms with E-state index in [0.29, 0.717) is 27.0 Å². The summed E-state index contributed by atoms with van der Waals surface area (Å²) in [5.41, 5.74) is 0.814. The molecule has 0 amide bonds. The zero-order valence-electron chi connectivity index (χ0n) is 10.6. The summed E-state index contributed by atoms with van der Waals surface area (Å²) < 4.78 is 0. The van der Waals surface area contributed by atoms with Gasteiger partial charge in [0, 0.05) is 11.1 Å². The first-order valence-corrected chi connectivity index (χ1v) is 7.52. The van der Waals surface area contributed by atoms with Crippen LogP contribution in [-0.4, -0.2) is 6.04 Å². The first-order chi connectivity index (χ1) is 8.47. The molecule has 3 atom stereocenters. The summed E-state index contributed by atoms with van der Waals surface area (Å²) in [7, 11) is 0. The van der Waals surface area contributed by atoms with Gasteiger partial charge in [-0.2, -0.15) is 0 Å². The number of hydrogen-bond acceptors (Lipinski definition) is 1. The lowest BCUT2D eigenvalue weighted by Gasteiger charge is -2.34. The third kappa shape index (κ3) is 3.26. The molecule has 1 aliphatic rings. The molecule has 0 heterocycles. The van der Waals surface area contributed by atoms with Crippen molar-refractivity contribution in [1.82, 2.24) is 0 Å². The van der Waals surface area contributed by atoms with E-state index in [4.69, 9.17) is 34.8 Å². The van der Waals surface area contributed by atoms with Crippen LogP contribution >= 0.6 is 34.8 Å². The van der Waals surface area contributed by atoms with Crippen molar-refractivity contribution in [2.45, 2.75) is 39.2 Å². The third-order valence-corrected chi connectivity index (χ3v) is 4.61. The van der Waals surface area contributed by atoms with Crippen LogP contribution in [-0.2, 0) is 0 Å². The van der Waals surface area contributed by atoms with Crippen LogP contribution in [0.4, 0.5) is 5.69 Å². The minimum Gasteiger partial charge on any atom is -0.380 e. The summed E-state index contributed by atoms with van der Waals surface area (Å²) in [6, 6.07) is 3.90. The highest BCUT2D eigenvalue weighted by atomic mass is 35.5. The van der Waals surface area contributed by atoms with Crippen molar-refractivity contribution in [1.29, 1.82) is 0 Å².